The molecule has 1 aliphatic heterocycles. The first-order valence-corrected chi connectivity index (χ1v) is 8.03. The van der Waals surface area contributed by atoms with Gasteiger partial charge in [0.25, 0.3) is 0 Å². The van der Waals surface area contributed by atoms with Crippen LogP contribution in [-0.4, -0.2) is 43.9 Å². The van der Waals surface area contributed by atoms with Gasteiger partial charge in [-0.15, -0.1) is 0 Å². The van der Waals surface area contributed by atoms with Crippen LogP contribution in [0.3, 0.4) is 0 Å². The quantitative estimate of drug-likeness (QED) is 0.641. The zero-order valence-electron chi connectivity index (χ0n) is 13.4. The number of hydrogen-bond donors (Lipinski definition) is 0. The van der Waals surface area contributed by atoms with Crippen molar-refractivity contribution in [3.05, 3.63) is 0 Å². The minimum atomic E-state index is -0.130. The molecule has 0 aromatic rings. The van der Waals surface area contributed by atoms with Crippen molar-refractivity contribution in [1.29, 1.82) is 0 Å². The molecular weight excluding hydrogens is 254 g/mol. The Labute approximate surface area is 123 Å². The molecule has 1 rings (SSSR count). The van der Waals surface area contributed by atoms with Crippen LogP contribution in [-0.2, 0) is 14.3 Å². The molecule has 0 aromatic carbocycles. The van der Waals surface area contributed by atoms with Crippen molar-refractivity contribution in [2.75, 3.05) is 27.0 Å². The number of carbonyl (C=O) groups is 1. The van der Waals surface area contributed by atoms with Gasteiger partial charge in [0.1, 0.15) is 0 Å². The lowest BCUT2D eigenvalue weighted by Gasteiger charge is -2.25. The highest BCUT2D eigenvalue weighted by Crippen LogP contribution is 2.16. The van der Waals surface area contributed by atoms with Gasteiger partial charge in [-0.2, -0.15) is 0 Å². The van der Waals surface area contributed by atoms with E-state index < -0.39 is 0 Å². The summed E-state index contributed by atoms with van der Waals surface area (Å²) in [5.74, 6) is 0.626. The highest BCUT2D eigenvalue weighted by Gasteiger charge is 2.11. The van der Waals surface area contributed by atoms with Crippen molar-refractivity contribution >= 4 is 5.97 Å². The van der Waals surface area contributed by atoms with Crippen LogP contribution in [0.25, 0.3) is 0 Å². The highest BCUT2D eigenvalue weighted by molar-refractivity contribution is 5.69. The van der Waals surface area contributed by atoms with Crippen LogP contribution in [0, 0.1) is 5.92 Å². The van der Waals surface area contributed by atoms with E-state index in [1.165, 1.54) is 19.3 Å². The molecule has 0 aromatic heterocycles. The van der Waals surface area contributed by atoms with E-state index in [9.17, 15) is 4.79 Å². The van der Waals surface area contributed by atoms with Gasteiger partial charge in [-0.1, -0.05) is 19.8 Å². The summed E-state index contributed by atoms with van der Waals surface area (Å²) in [6.45, 7) is 6.45. The minimum absolute atomic E-state index is 0.103. The Morgan fingerprint density at radius 2 is 1.85 bits per heavy atom. The van der Waals surface area contributed by atoms with E-state index in [2.05, 4.69) is 25.8 Å². The molecule has 1 fully saturated rings. The van der Waals surface area contributed by atoms with Crippen LogP contribution < -0.4 is 0 Å². The maximum absolute atomic E-state index is 11.5. The average Bonchev–Trinajstić information content (AvgIpc) is 2.42. The predicted molar refractivity (Wildman–Crippen MR) is 80.5 cm³/mol. The lowest BCUT2D eigenvalue weighted by atomic mass is 9.98. The number of carbonyl (C=O) groups excluding carboxylic acids is 1. The summed E-state index contributed by atoms with van der Waals surface area (Å²) >= 11 is 0. The fraction of sp³-hybridized carbons (Fsp3) is 0.938. The Hall–Kier alpha value is -0.610. The van der Waals surface area contributed by atoms with Crippen molar-refractivity contribution in [3.8, 4) is 0 Å². The zero-order valence-corrected chi connectivity index (χ0v) is 13.4. The lowest BCUT2D eigenvalue weighted by Crippen LogP contribution is -2.31. The summed E-state index contributed by atoms with van der Waals surface area (Å²) < 4.78 is 10.4. The molecule has 0 radical (unpaired) electrons. The summed E-state index contributed by atoms with van der Waals surface area (Å²) in [6, 6.07) is 0.508. The number of nitrogens with zero attached hydrogens (tertiary/aromatic N) is 1. The Balaban J connectivity index is 2.37. The highest BCUT2D eigenvalue weighted by atomic mass is 16.7. The molecule has 0 spiro atoms. The third-order valence-electron chi connectivity index (χ3n) is 4.27. The molecule has 0 aliphatic carbocycles. The maximum Gasteiger partial charge on any atom is 0.307 e. The van der Waals surface area contributed by atoms with Crippen LogP contribution in [0.4, 0.5) is 0 Å². The first kappa shape index (κ1) is 17.4. The van der Waals surface area contributed by atoms with E-state index in [1.54, 1.807) is 0 Å². The normalized spacial score (nSPS) is 29.9. The van der Waals surface area contributed by atoms with Crippen LogP contribution in [0.15, 0.2) is 0 Å². The molecule has 20 heavy (non-hydrogen) atoms. The lowest BCUT2D eigenvalue weighted by molar-refractivity contribution is -0.156. The van der Waals surface area contributed by atoms with Crippen LogP contribution in [0.5, 0.6) is 0 Å². The van der Waals surface area contributed by atoms with Crippen molar-refractivity contribution in [2.24, 2.45) is 5.92 Å². The first-order chi connectivity index (χ1) is 9.59. The van der Waals surface area contributed by atoms with Gasteiger partial charge in [0.15, 0.2) is 6.79 Å². The molecule has 0 saturated carbocycles. The van der Waals surface area contributed by atoms with Crippen LogP contribution >= 0.6 is 0 Å². The molecule has 0 N–H and O–H groups in total. The number of rotatable bonds is 0. The Morgan fingerprint density at radius 3 is 2.65 bits per heavy atom. The summed E-state index contributed by atoms with van der Waals surface area (Å²) in [7, 11) is 2.18. The molecule has 1 saturated heterocycles. The van der Waals surface area contributed by atoms with Crippen LogP contribution in [0.1, 0.15) is 58.8 Å². The number of esters is 1. The fourth-order valence-electron chi connectivity index (χ4n) is 2.53. The molecular formula is C16H31NO3. The third-order valence-corrected chi connectivity index (χ3v) is 4.27. The Morgan fingerprint density at radius 1 is 1.10 bits per heavy atom. The zero-order chi connectivity index (χ0) is 14.8. The summed E-state index contributed by atoms with van der Waals surface area (Å²) in [5.41, 5.74) is 0. The van der Waals surface area contributed by atoms with Gasteiger partial charge in [0.2, 0.25) is 0 Å². The number of ether oxygens (including phenoxy) is 2. The second kappa shape index (κ2) is 10.2. The molecule has 4 nitrogen and oxygen atoms in total. The summed E-state index contributed by atoms with van der Waals surface area (Å²) in [4.78, 5) is 13.9. The van der Waals surface area contributed by atoms with Gasteiger partial charge in [-0.3, -0.25) is 4.79 Å². The van der Waals surface area contributed by atoms with Gasteiger partial charge < -0.3 is 14.4 Å². The number of hydrogen-bond acceptors (Lipinski definition) is 4. The van der Waals surface area contributed by atoms with Gasteiger partial charge in [-0.05, 0) is 52.1 Å². The largest absolute Gasteiger partial charge is 0.438 e. The Kier molecular flexibility index (Phi) is 8.86. The van der Waals surface area contributed by atoms with Crippen LogP contribution in [0.2, 0.25) is 0 Å². The summed E-state index contributed by atoms with van der Waals surface area (Å²) in [6.07, 6.45) is 7.29. The van der Waals surface area contributed by atoms with Crippen molar-refractivity contribution in [2.45, 2.75) is 64.8 Å². The molecule has 0 bridgehead atoms. The second-order valence-electron chi connectivity index (χ2n) is 6.15. The first-order valence-electron chi connectivity index (χ1n) is 8.03. The minimum Gasteiger partial charge on any atom is -0.438 e. The average molecular weight is 285 g/mol. The monoisotopic (exact) mass is 285 g/mol. The van der Waals surface area contributed by atoms with Gasteiger partial charge in [0, 0.05) is 12.5 Å². The third kappa shape index (κ3) is 7.85. The van der Waals surface area contributed by atoms with E-state index in [4.69, 9.17) is 9.47 Å². The van der Waals surface area contributed by atoms with E-state index in [-0.39, 0.29) is 12.8 Å². The molecule has 118 valence electrons. The van der Waals surface area contributed by atoms with E-state index in [0.717, 1.165) is 31.7 Å². The topological polar surface area (TPSA) is 38.8 Å². The summed E-state index contributed by atoms with van der Waals surface area (Å²) in [5, 5.41) is 0. The van der Waals surface area contributed by atoms with Gasteiger partial charge >= 0.3 is 5.97 Å². The molecule has 2 atom stereocenters. The molecule has 1 heterocycles. The molecule has 1 aliphatic rings. The predicted octanol–water partition coefficient (Wildman–Crippen LogP) is 3.20. The fourth-order valence-corrected chi connectivity index (χ4v) is 2.53. The van der Waals surface area contributed by atoms with Crippen molar-refractivity contribution in [3.63, 3.8) is 0 Å². The van der Waals surface area contributed by atoms with Gasteiger partial charge in [0.05, 0.1) is 6.61 Å². The molecule has 4 heteroatoms. The van der Waals surface area contributed by atoms with Crippen molar-refractivity contribution < 1.29 is 14.3 Å². The standard InChI is InChI=1S/C16H31NO3/c1-14-7-4-5-9-16(18)20-13-19-12-10-15(2)17(3)11-6-8-14/h14-15H,4-13H2,1-3H3/t14-,15-/m1/s1. The maximum atomic E-state index is 11.5. The number of cyclic esters (lactones) is 1. The molecule has 0 unspecified atom stereocenters. The molecule has 0 amide bonds. The van der Waals surface area contributed by atoms with Gasteiger partial charge in [-0.25, -0.2) is 0 Å². The SMILES string of the molecule is C[C@@H]1CCCCC(=O)OCOCC[C@@H](C)N(C)CCC1. The van der Waals surface area contributed by atoms with E-state index >= 15 is 0 Å². The Bertz CT molecular complexity index is 270. The second-order valence-corrected chi connectivity index (χ2v) is 6.15. The van der Waals surface area contributed by atoms with E-state index in [0.29, 0.717) is 19.1 Å². The van der Waals surface area contributed by atoms with E-state index in [1.807, 2.05) is 0 Å². The van der Waals surface area contributed by atoms with Crippen molar-refractivity contribution in [1.82, 2.24) is 4.90 Å². The smallest absolute Gasteiger partial charge is 0.307 e.